The first-order valence-electron chi connectivity index (χ1n) is 4.77. The zero-order valence-electron chi connectivity index (χ0n) is 8.98. The molecule has 0 saturated carbocycles. The van der Waals surface area contributed by atoms with E-state index in [0.717, 1.165) is 0 Å². The molecule has 0 saturated heterocycles. The molecule has 0 atom stereocenters. The van der Waals surface area contributed by atoms with Crippen LogP contribution in [0.15, 0.2) is 0 Å². The molecule has 0 aliphatic rings. The second-order valence-electron chi connectivity index (χ2n) is 1.43. The van der Waals surface area contributed by atoms with Crippen LogP contribution in [0.1, 0.15) is 31.1 Å². The van der Waals surface area contributed by atoms with Crippen LogP contribution in [0.3, 0.4) is 0 Å². The Labute approximate surface area is 56.9 Å². The highest BCUT2D eigenvalue weighted by Crippen LogP contribution is 1.95. The summed E-state index contributed by atoms with van der Waals surface area (Å²) in [4.78, 5) is 0. The zero-order chi connectivity index (χ0) is 9.83. The van der Waals surface area contributed by atoms with E-state index in [9.17, 15) is 0 Å². The van der Waals surface area contributed by atoms with Crippen molar-refractivity contribution in [2.75, 3.05) is 13.1 Å². The summed E-state index contributed by atoms with van der Waals surface area (Å²) in [5.74, 6) is 0. The Morgan fingerprint density at radius 1 is 1.00 bits per heavy atom. The molecule has 50 valence electrons. The minimum Gasteiger partial charge on any atom is -0.330 e. The molecular formula is C6H16N2. The molecule has 0 unspecified atom stereocenters. The third-order valence-corrected chi connectivity index (χ3v) is 0.664. The summed E-state index contributed by atoms with van der Waals surface area (Å²) < 4.78 is 29.6. The maximum Gasteiger partial charge on any atom is 0.0267 e. The molecule has 0 heterocycles. The highest BCUT2D eigenvalue weighted by atomic mass is 14.5. The summed E-state index contributed by atoms with van der Waals surface area (Å²) in [6.45, 7) is 0.300. The Morgan fingerprint density at radius 3 is 1.62 bits per heavy atom. The average Bonchev–Trinajstić information content (AvgIpc) is 1.86. The predicted octanol–water partition coefficient (Wildman–Crippen LogP) is 0.464. The SMILES string of the molecule is [2H]C([2H])(CCN)C([2H])([2H])CCN. The Kier molecular flexibility index (Phi) is 2.75. The van der Waals surface area contributed by atoms with E-state index < -0.39 is 12.7 Å². The van der Waals surface area contributed by atoms with E-state index in [1.54, 1.807) is 0 Å². The van der Waals surface area contributed by atoms with E-state index in [4.69, 9.17) is 17.0 Å². The molecule has 0 aliphatic heterocycles. The third kappa shape index (κ3) is 5.92. The van der Waals surface area contributed by atoms with Gasteiger partial charge in [-0.1, -0.05) is 12.7 Å². The molecule has 0 radical (unpaired) electrons. The third-order valence-electron chi connectivity index (χ3n) is 0.664. The largest absolute Gasteiger partial charge is 0.330 e. The van der Waals surface area contributed by atoms with Crippen molar-refractivity contribution in [1.29, 1.82) is 0 Å². The van der Waals surface area contributed by atoms with Gasteiger partial charge in [-0.3, -0.25) is 0 Å². The van der Waals surface area contributed by atoms with Gasteiger partial charge in [0.15, 0.2) is 0 Å². The number of hydrogen-bond donors (Lipinski definition) is 2. The van der Waals surface area contributed by atoms with Gasteiger partial charge >= 0.3 is 0 Å². The highest BCUT2D eigenvalue weighted by Gasteiger charge is 1.83. The maximum absolute atomic E-state index is 7.39. The lowest BCUT2D eigenvalue weighted by Gasteiger charge is -1.94. The summed E-state index contributed by atoms with van der Waals surface area (Å²) in [5, 5.41) is 0. The standard InChI is InChI=1S/C6H16N2/c7-5-3-1-2-4-6-8/h1-8H2/i1D2,2D2. The van der Waals surface area contributed by atoms with Gasteiger partial charge in [0.05, 0.1) is 0 Å². The van der Waals surface area contributed by atoms with Crippen molar-refractivity contribution in [3.05, 3.63) is 0 Å². The van der Waals surface area contributed by atoms with Gasteiger partial charge in [0.25, 0.3) is 0 Å². The molecule has 0 bridgehead atoms. The summed E-state index contributed by atoms with van der Waals surface area (Å²) in [5.41, 5.74) is 10.3. The van der Waals surface area contributed by atoms with Crippen LogP contribution in [0.5, 0.6) is 0 Å². The second kappa shape index (κ2) is 6.92. The number of hydrogen-bond acceptors (Lipinski definition) is 2. The van der Waals surface area contributed by atoms with Gasteiger partial charge in [0, 0.05) is 5.48 Å². The topological polar surface area (TPSA) is 52.0 Å². The van der Waals surface area contributed by atoms with E-state index in [2.05, 4.69) is 0 Å². The van der Waals surface area contributed by atoms with Gasteiger partial charge in [-0.25, -0.2) is 0 Å². The summed E-state index contributed by atoms with van der Waals surface area (Å²) in [6, 6.07) is 0. The van der Waals surface area contributed by atoms with E-state index >= 15 is 0 Å². The summed E-state index contributed by atoms with van der Waals surface area (Å²) in [6.07, 6.45) is -3.69. The van der Waals surface area contributed by atoms with E-state index in [0.29, 0.717) is 0 Å². The normalized spacial score (nSPS) is 20.8. The Balaban J connectivity index is 4.28. The first-order chi connectivity index (χ1) is 5.37. The van der Waals surface area contributed by atoms with Crippen LogP contribution in [0, 0.1) is 0 Å². The fraction of sp³-hybridized carbons (Fsp3) is 1.00. The molecule has 0 aromatic rings. The van der Waals surface area contributed by atoms with Crippen molar-refractivity contribution in [3.8, 4) is 0 Å². The van der Waals surface area contributed by atoms with Gasteiger partial charge in [-0.05, 0) is 25.9 Å². The molecule has 0 amide bonds. The zero-order valence-corrected chi connectivity index (χ0v) is 4.98. The Hall–Kier alpha value is -0.0800. The lowest BCUT2D eigenvalue weighted by molar-refractivity contribution is 0.653. The van der Waals surface area contributed by atoms with Gasteiger partial charge in [-0.15, -0.1) is 0 Å². The van der Waals surface area contributed by atoms with Gasteiger partial charge in [-0.2, -0.15) is 0 Å². The van der Waals surface area contributed by atoms with Crippen LogP contribution in [0.2, 0.25) is 0 Å². The maximum atomic E-state index is 7.39. The van der Waals surface area contributed by atoms with Crippen molar-refractivity contribution in [2.45, 2.75) is 25.6 Å². The van der Waals surface area contributed by atoms with Crippen molar-refractivity contribution in [3.63, 3.8) is 0 Å². The van der Waals surface area contributed by atoms with E-state index in [1.807, 2.05) is 0 Å². The van der Waals surface area contributed by atoms with E-state index in [-0.39, 0.29) is 25.9 Å². The molecule has 0 fully saturated rings. The van der Waals surface area contributed by atoms with Crippen molar-refractivity contribution < 1.29 is 5.48 Å². The smallest absolute Gasteiger partial charge is 0.0267 e. The van der Waals surface area contributed by atoms with Crippen LogP contribution >= 0.6 is 0 Å². The molecular weight excluding hydrogens is 100 g/mol. The quantitative estimate of drug-likeness (QED) is 0.554. The molecule has 0 rings (SSSR count). The van der Waals surface area contributed by atoms with E-state index in [1.165, 1.54) is 0 Å². The van der Waals surface area contributed by atoms with Gasteiger partial charge in [0.1, 0.15) is 0 Å². The second-order valence-corrected chi connectivity index (χ2v) is 1.43. The monoisotopic (exact) mass is 120 g/mol. The average molecular weight is 120 g/mol. The van der Waals surface area contributed by atoms with Crippen molar-refractivity contribution >= 4 is 0 Å². The van der Waals surface area contributed by atoms with Crippen LogP contribution in [-0.2, 0) is 0 Å². The van der Waals surface area contributed by atoms with Gasteiger partial charge < -0.3 is 11.5 Å². The molecule has 8 heavy (non-hydrogen) atoms. The van der Waals surface area contributed by atoms with Gasteiger partial charge in [0.2, 0.25) is 0 Å². The van der Waals surface area contributed by atoms with Crippen LogP contribution in [-0.4, -0.2) is 13.1 Å². The van der Waals surface area contributed by atoms with Crippen LogP contribution in [0.4, 0.5) is 0 Å². The lowest BCUT2D eigenvalue weighted by Crippen LogP contribution is -2.00. The molecule has 2 heteroatoms. The summed E-state index contributed by atoms with van der Waals surface area (Å²) in [7, 11) is 0. The molecule has 4 N–H and O–H groups in total. The molecule has 2 nitrogen and oxygen atoms in total. The molecule has 0 aliphatic carbocycles. The first-order valence-corrected chi connectivity index (χ1v) is 2.77. The highest BCUT2D eigenvalue weighted by molar-refractivity contribution is 4.43. The fourth-order valence-corrected chi connectivity index (χ4v) is 0.321. The van der Waals surface area contributed by atoms with Crippen LogP contribution < -0.4 is 11.5 Å². The van der Waals surface area contributed by atoms with Crippen molar-refractivity contribution in [2.24, 2.45) is 11.5 Å². The lowest BCUT2D eigenvalue weighted by atomic mass is 10.2. The summed E-state index contributed by atoms with van der Waals surface area (Å²) >= 11 is 0. The van der Waals surface area contributed by atoms with Crippen LogP contribution in [0.25, 0.3) is 0 Å². The molecule has 0 aromatic carbocycles. The predicted molar refractivity (Wildman–Crippen MR) is 36.6 cm³/mol. The Bertz CT molecular complexity index is 122. The fourth-order valence-electron chi connectivity index (χ4n) is 0.321. The number of rotatable bonds is 5. The van der Waals surface area contributed by atoms with Crippen molar-refractivity contribution in [1.82, 2.24) is 0 Å². The molecule has 0 spiro atoms. The first kappa shape index (κ1) is 3.18. The number of nitrogens with two attached hydrogens (primary N) is 2. The Morgan fingerprint density at radius 2 is 1.38 bits per heavy atom. The minimum absolute atomic E-state index is 0.0278. The minimum atomic E-state index is -1.87. The molecule has 0 aromatic heterocycles.